The summed E-state index contributed by atoms with van der Waals surface area (Å²) < 4.78 is 0. The van der Waals surface area contributed by atoms with E-state index in [9.17, 15) is 9.59 Å². The Morgan fingerprint density at radius 2 is 1.84 bits per heavy atom. The maximum Gasteiger partial charge on any atom is 0.267 e. The molecule has 25 heavy (non-hydrogen) atoms. The van der Waals surface area contributed by atoms with Gasteiger partial charge in [0.1, 0.15) is 5.71 Å². The average molecular weight is 341 g/mol. The van der Waals surface area contributed by atoms with Gasteiger partial charge >= 0.3 is 0 Å². The Morgan fingerprint density at radius 3 is 2.56 bits per heavy atom. The van der Waals surface area contributed by atoms with Crippen LogP contribution in [0.3, 0.4) is 0 Å². The Kier molecular flexibility index (Phi) is 5.84. The predicted octanol–water partition coefficient (Wildman–Crippen LogP) is 3.71. The lowest BCUT2D eigenvalue weighted by atomic mass is 9.96. The molecule has 0 spiro atoms. The van der Waals surface area contributed by atoms with Gasteiger partial charge in [-0.1, -0.05) is 44.2 Å². The van der Waals surface area contributed by atoms with Crippen molar-refractivity contribution in [3.63, 3.8) is 0 Å². The number of hydrogen-bond acceptors (Lipinski definition) is 3. The van der Waals surface area contributed by atoms with Gasteiger partial charge in [0.2, 0.25) is 5.91 Å². The lowest BCUT2D eigenvalue weighted by molar-refractivity contribution is -0.119. The van der Waals surface area contributed by atoms with Crippen LogP contribution in [-0.4, -0.2) is 23.6 Å². The summed E-state index contributed by atoms with van der Waals surface area (Å²) in [5, 5.41) is 8.90. The van der Waals surface area contributed by atoms with Gasteiger partial charge in [0, 0.05) is 18.9 Å². The Labute approximate surface area is 149 Å². The number of nitrogens with zero attached hydrogens (tertiary/aromatic N) is 2. The molecule has 134 valence electrons. The molecule has 1 N–H and O–H groups in total. The van der Waals surface area contributed by atoms with Crippen LogP contribution in [0.15, 0.2) is 29.4 Å². The summed E-state index contributed by atoms with van der Waals surface area (Å²) in [5.74, 6) is -0.177. The van der Waals surface area contributed by atoms with Crippen LogP contribution in [0.1, 0.15) is 63.4 Å². The van der Waals surface area contributed by atoms with Crippen molar-refractivity contribution >= 4 is 23.2 Å². The summed E-state index contributed by atoms with van der Waals surface area (Å²) in [5.41, 5.74) is 2.25. The van der Waals surface area contributed by atoms with E-state index in [1.807, 2.05) is 31.2 Å². The summed E-state index contributed by atoms with van der Waals surface area (Å²) in [7, 11) is 0. The number of carbonyl (C=O) groups is 2. The van der Waals surface area contributed by atoms with Crippen LogP contribution >= 0.6 is 0 Å². The first-order valence-electron chi connectivity index (χ1n) is 9.41. The largest absolute Gasteiger partial charge is 0.348 e. The maximum atomic E-state index is 12.6. The topological polar surface area (TPSA) is 61.8 Å². The molecule has 1 aliphatic heterocycles. The zero-order chi connectivity index (χ0) is 17.6. The van der Waals surface area contributed by atoms with Crippen LogP contribution in [0.5, 0.6) is 0 Å². The summed E-state index contributed by atoms with van der Waals surface area (Å²) >= 11 is 0. The molecule has 1 saturated carbocycles. The fraction of sp³-hybridized carbons (Fsp3) is 0.550. The number of amides is 2. The van der Waals surface area contributed by atoms with Gasteiger partial charge in [-0.25, -0.2) is 5.01 Å². The summed E-state index contributed by atoms with van der Waals surface area (Å²) in [6.45, 7) is 1.98. The maximum absolute atomic E-state index is 12.6. The quantitative estimate of drug-likeness (QED) is 0.911. The molecule has 0 unspecified atom stereocenters. The minimum Gasteiger partial charge on any atom is -0.348 e. The monoisotopic (exact) mass is 341 g/mol. The molecule has 0 saturated heterocycles. The van der Waals surface area contributed by atoms with Crippen LogP contribution in [-0.2, 0) is 9.59 Å². The van der Waals surface area contributed by atoms with Gasteiger partial charge < -0.3 is 5.32 Å². The van der Waals surface area contributed by atoms with Crippen molar-refractivity contribution < 1.29 is 9.59 Å². The first kappa shape index (κ1) is 17.6. The lowest BCUT2D eigenvalue weighted by Gasteiger charge is -2.25. The van der Waals surface area contributed by atoms with E-state index >= 15 is 0 Å². The minimum absolute atomic E-state index is 0.0619. The van der Waals surface area contributed by atoms with Crippen molar-refractivity contribution in [1.29, 1.82) is 0 Å². The Hall–Kier alpha value is -2.17. The van der Waals surface area contributed by atoms with Gasteiger partial charge in [-0.05, 0) is 37.5 Å². The number of carbonyl (C=O) groups excluding carboxylic acids is 2. The molecule has 0 radical (unpaired) electrons. The molecule has 3 rings (SSSR count). The van der Waals surface area contributed by atoms with E-state index in [0.29, 0.717) is 18.6 Å². The second-order valence-corrected chi connectivity index (χ2v) is 7.11. The molecule has 1 aromatic carbocycles. The van der Waals surface area contributed by atoms with E-state index in [0.717, 1.165) is 24.1 Å². The molecular weight excluding hydrogens is 314 g/mol. The Morgan fingerprint density at radius 1 is 1.12 bits per heavy atom. The molecular formula is C20H27N3O2. The number of rotatable bonds is 3. The molecule has 0 bridgehead atoms. The Bertz CT molecular complexity index is 661. The summed E-state index contributed by atoms with van der Waals surface area (Å²) in [4.78, 5) is 24.9. The van der Waals surface area contributed by atoms with Gasteiger partial charge in [-0.15, -0.1) is 0 Å². The number of hydrogen-bond donors (Lipinski definition) is 1. The normalized spacial score (nSPS) is 19.8. The highest BCUT2D eigenvalue weighted by Crippen LogP contribution is 2.22. The number of nitrogens with one attached hydrogen (secondary N) is 1. The van der Waals surface area contributed by atoms with Crippen LogP contribution in [0.4, 0.5) is 5.69 Å². The van der Waals surface area contributed by atoms with Crippen LogP contribution in [0, 0.1) is 6.92 Å². The van der Waals surface area contributed by atoms with E-state index < -0.39 is 0 Å². The molecule has 2 amide bonds. The van der Waals surface area contributed by atoms with Gasteiger partial charge in [-0.3, -0.25) is 9.59 Å². The molecule has 1 heterocycles. The van der Waals surface area contributed by atoms with E-state index in [-0.39, 0.29) is 17.9 Å². The third kappa shape index (κ3) is 4.68. The summed E-state index contributed by atoms with van der Waals surface area (Å²) in [6.07, 6.45) is 8.98. The second-order valence-electron chi connectivity index (χ2n) is 7.11. The number of benzene rings is 1. The van der Waals surface area contributed by atoms with Crippen LogP contribution in [0.2, 0.25) is 0 Å². The zero-order valence-corrected chi connectivity index (χ0v) is 15.0. The number of anilines is 1. The van der Waals surface area contributed by atoms with Crippen molar-refractivity contribution in [2.45, 2.75) is 70.8 Å². The van der Waals surface area contributed by atoms with Crippen LogP contribution in [0.25, 0.3) is 0 Å². The van der Waals surface area contributed by atoms with Gasteiger partial charge in [0.15, 0.2) is 0 Å². The smallest absolute Gasteiger partial charge is 0.267 e. The highest BCUT2D eigenvalue weighted by Gasteiger charge is 2.26. The van der Waals surface area contributed by atoms with E-state index in [4.69, 9.17) is 0 Å². The van der Waals surface area contributed by atoms with Gasteiger partial charge in [0.05, 0.1) is 5.69 Å². The molecule has 1 aliphatic carbocycles. The molecule has 5 heteroatoms. The second kappa shape index (κ2) is 8.28. The number of aryl methyl sites for hydroxylation is 1. The standard InChI is InChI=1S/C20H27N3O2/c1-15-8-7-11-17(14-15)23-19(24)13-12-18(22-23)20(25)21-16-9-5-3-2-4-6-10-16/h7-8,11,14,16H,2-6,9-10,12-13H2,1H3,(H,21,25). The first-order valence-corrected chi connectivity index (χ1v) is 9.41. The van der Waals surface area contributed by atoms with E-state index in [2.05, 4.69) is 10.4 Å². The lowest BCUT2D eigenvalue weighted by Crippen LogP contribution is -2.43. The Balaban J connectivity index is 1.70. The molecule has 5 nitrogen and oxygen atoms in total. The fourth-order valence-electron chi connectivity index (χ4n) is 3.55. The van der Waals surface area contributed by atoms with E-state index in [1.54, 1.807) is 0 Å². The third-order valence-corrected chi connectivity index (χ3v) is 4.98. The molecule has 1 aromatic rings. The minimum atomic E-state index is -0.115. The summed E-state index contributed by atoms with van der Waals surface area (Å²) in [6, 6.07) is 7.88. The first-order chi connectivity index (χ1) is 12.1. The van der Waals surface area contributed by atoms with Crippen molar-refractivity contribution in [2.75, 3.05) is 5.01 Å². The average Bonchev–Trinajstić information content (AvgIpc) is 2.57. The highest BCUT2D eigenvalue weighted by atomic mass is 16.2. The molecule has 0 aromatic heterocycles. The zero-order valence-electron chi connectivity index (χ0n) is 15.0. The van der Waals surface area contributed by atoms with Gasteiger partial charge in [0.25, 0.3) is 5.91 Å². The van der Waals surface area contributed by atoms with Crippen molar-refractivity contribution in [3.05, 3.63) is 29.8 Å². The van der Waals surface area contributed by atoms with Crippen molar-refractivity contribution in [3.8, 4) is 0 Å². The third-order valence-electron chi connectivity index (χ3n) is 4.98. The fourth-order valence-corrected chi connectivity index (χ4v) is 3.55. The molecule has 1 fully saturated rings. The van der Waals surface area contributed by atoms with Gasteiger partial charge in [-0.2, -0.15) is 5.10 Å². The predicted molar refractivity (Wildman–Crippen MR) is 99.6 cm³/mol. The van der Waals surface area contributed by atoms with Crippen LogP contribution < -0.4 is 10.3 Å². The highest BCUT2D eigenvalue weighted by molar-refractivity contribution is 6.40. The van der Waals surface area contributed by atoms with Crippen molar-refractivity contribution in [1.82, 2.24) is 5.32 Å². The molecule has 0 atom stereocenters. The SMILES string of the molecule is Cc1cccc(N2N=C(C(=O)NC3CCCCCCC3)CCC2=O)c1. The van der Waals surface area contributed by atoms with Crippen molar-refractivity contribution in [2.24, 2.45) is 5.10 Å². The number of hydrazone groups is 1. The molecule has 2 aliphatic rings. The van der Waals surface area contributed by atoms with E-state index in [1.165, 1.54) is 37.1 Å².